The zero-order chi connectivity index (χ0) is 16.7. The van der Waals surface area contributed by atoms with Crippen LogP contribution in [0.15, 0.2) is 24.3 Å². The van der Waals surface area contributed by atoms with Crippen molar-refractivity contribution < 1.29 is 28.7 Å². The number of carbonyl (C=O) groups is 2. The van der Waals surface area contributed by atoms with Gasteiger partial charge in [-0.25, -0.2) is 0 Å². The summed E-state index contributed by atoms with van der Waals surface area (Å²) in [6, 6.07) is 6.47. The van der Waals surface area contributed by atoms with Gasteiger partial charge in [-0.2, -0.15) is 0 Å². The Balaban J connectivity index is 3.38. The molecule has 0 aliphatic rings. The van der Waals surface area contributed by atoms with E-state index in [-0.39, 0.29) is 0 Å². The van der Waals surface area contributed by atoms with Crippen molar-refractivity contribution in [2.75, 3.05) is 27.9 Å². The van der Waals surface area contributed by atoms with Gasteiger partial charge in [0.05, 0.1) is 27.2 Å². The van der Waals surface area contributed by atoms with Crippen LogP contribution in [0.1, 0.15) is 11.5 Å². The first-order valence-electron chi connectivity index (χ1n) is 6.36. The van der Waals surface area contributed by atoms with Crippen molar-refractivity contribution in [1.29, 1.82) is 0 Å². The fraction of sp³-hybridized carbons (Fsp3) is 0.429. The Hall–Kier alpha value is -2.64. The van der Waals surface area contributed by atoms with Gasteiger partial charge in [0.15, 0.2) is 5.92 Å². The van der Waals surface area contributed by atoms with Crippen LogP contribution >= 0.6 is 0 Å². The van der Waals surface area contributed by atoms with E-state index in [9.17, 15) is 19.7 Å². The third-order valence-corrected chi connectivity index (χ3v) is 3.20. The zero-order valence-corrected chi connectivity index (χ0v) is 12.5. The fourth-order valence-corrected chi connectivity index (χ4v) is 2.20. The molecule has 0 heterocycles. The number of nitro groups is 1. The molecule has 0 aromatic heterocycles. The summed E-state index contributed by atoms with van der Waals surface area (Å²) in [7, 11) is 3.60. The minimum absolute atomic E-state index is 0.340. The molecule has 0 radical (unpaired) electrons. The quantitative estimate of drug-likeness (QED) is 0.320. The first kappa shape index (κ1) is 17.4. The lowest BCUT2D eigenvalue weighted by Crippen LogP contribution is -2.35. The molecular formula is C14H17NO7. The number of benzene rings is 1. The van der Waals surface area contributed by atoms with Crippen LogP contribution in [0.5, 0.6) is 5.75 Å². The minimum Gasteiger partial charge on any atom is -0.496 e. The maximum absolute atomic E-state index is 11.9. The van der Waals surface area contributed by atoms with Gasteiger partial charge in [0.2, 0.25) is 6.54 Å². The van der Waals surface area contributed by atoms with E-state index in [2.05, 4.69) is 9.47 Å². The Morgan fingerprint density at radius 3 is 2.14 bits per heavy atom. The van der Waals surface area contributed by atoms with Crippen molar-refractivity contribution in [2.24, 2.45) is 5.92 Å². The zero-order valence-electron chi connectivity index (χ0n) is 12.5. The monoisotopic (exact) mass is 311 g/mol. The Morgan fingerprint density at radius 1 is 1.14 bits per heavy atom. The lowest BCUT2D eigenvalue weighted by molar-refractivity contribution is -0.484. The number of ether oxygens (including phenoxy) is 3. The van der Waals surface area contributed by atoms with Crippen LogP contribution in [-0.2, 0) is 19.1 Å². The molecule has 1 aromatic rings. The smallest absolute Gasteiger partial charge is 0.320 e. The molecule has 1 unspecified atom stereocenters. The van der Waals surface area contributed by atoms with Crippen LogP contribution in [-0.4, -0.2) is 44.7 Å². The number of hydrogen-bond donors (Lipinski definition) is 0. The van der Waals surface area contributed by atoms with Gasteiger partial charge in [0.1, 0.15) is 5.75 Å². The maximum atomic E-state index is 11.9. The highest BCUT2D eigenvalue weighted by atomic mass is 16.6. The van der Waals surface area contributed by atoms with E-state index in [1.165, 1.54) is 7.11 Å². The fourth-order valence-electron chi connectivity index (χ4n) is 2.20. The SMILES string of the molecule is COC(=O)C(C(=O)OC)C(C[N+](=O)[O-])c1ccccc1OC. The molecule has 0 spiro atoms. The van der Waals surface area contributed by atoms with Crippen LogP contribution in [0.25, 0.3) is 0 Å². The van der Waals surface area contributed by atoms with Gasteiger partial charge in [-0.1, -0.05) is 18.2 Å². The molecule has 1 atom stereocenters. The predicted octanol–water partition coefficient (Wildman–Crippen LogP) is 1.02. The van der Waals surface area contributed by atoms with Crippen LogP contribution < -0.4 is 4.74 Å². The van der Waals surface area contributed by atoms with Gasteiger partial charge in [-0.15, -0.1) is 0 Å². The first-order chi connectivity index (χ1) is 10.5. The summed E-state index contributed by atoms with van der Waals surface area (Å²) in [5.74, 6) is -3.97. The lowest BCUT2D eigenvalue weighted by atomic mass is 9.85. The Kier molecular flexibility index (Phi) is 6.30. The average molecular weight is 311 g/mol. The Bertz CT molecular complexity index is 542. The third kappa shape index (κ3) is 3.94. The van der Waals surface area contributed by atoms with E-state index < -0.39 is 35.2 Å². The minimum atomic E-state index is -1.45. The molecule has 0 amide bonds. The van der Waals surface area contributed by atoms with Gasteiger partial charge in [0.25, 0.3) is 0 Å². The highest BCUT2D eigenvalue weighted by molar-refractivity contribution is 5.96. The van der Waals surface area contributed by atoms with E-state index in [1.54, 1.807) is 24.3 Å². The van der Waals surface area contributed by atoms with Crippen LogP contribution in [0.3, 0.4) is 0 Å². The van der Waals surface area contributed by atoms with E-state index in [0.29, 0.717) is 11.3 Å². The van der Waals surface area contributed by atoms with Gasteiger partial charge in [-0.05, 0) is 6.07 Å². The summed E-state index contributed by atoms with van der Waals surface area (Å²) < 4.78 is 14.3. The van der Waals surface area contributed by atoms with E-state index in [4.69, 9.17) is 4.74 Å². The van der Waals surface area contributed by atoms with Crippen molar-refractivity contribution in [3.8, 4) is 5.75 Å². The molecule has 0 saturated heterocycles. The molecular weight excluding hydrogens is 294 g/mol. The topological polar surface area (TPSA) is 105 Å². The number of methoxy groups -OCH3 is 3. The van der Waals surface area contributed by atoms with Gasteiger partial charge in [0, 0.05) is 10.5 Å². The number of hydrogen-bond acceptors (Lipinski definition) is 7. The highest BCUT2D eigenvalue weighted by Crippen LogP contribution is 2.33. The molecule has 1 aromatic carbocycles. The van der Waals surface area contributed by atoms with Crippen LogP contribution in [0, 0.1) is 16.0 Å². The normalized spacial score (nSPS) is 11.6. The maximum Gasteiger partial charge on any atom is 0.320 e. The number of nitrogens with zero attached hydrogens (tertiary/aromatic N) is 1. The molecule has 0 bridgehead atoms. The lowest BCUT2D eigenvalue weighted by Gasteiger charge is -2.22. The van der Waals surface area contributed by atoms with Gasteiger partial charge >= 0.3 is 11.9 Å². The number of carbonyl (C=O) groups excluding carboxylic acids is 2. The van der Waals surface area contributed by atoms with Crippen molar-refractivity contribution >= 4 is 11.9 Å². The molecule has 0 aliphatic carbocycles. The van der Waals surface area contributed by atoms with Crippen molar-refractivity contribution in [3.63, 3.8) is 0 Å². The summed E-state index contributed by atoms with van der Waals surface area (Å²) in [6.07, 6.45) is 0. The molecule has 22 heavy (non-hydrogen) atoms. The van der Waals surface area contributed by atoms with Crippen LogP contribution in [0.4, 0.5) is 0 Å². The molecule has 0 saturated carbocycles. The van der Waals surface area contributed by atoms with Crippen molar-refractivity contribution in [1.82, 2.24) is 0 Å². The number of para-hydroxylation sites is 1. The number of esters is 2. The molecule has 8 heteroatoms. The average Bonchev–Trinajstić information content (AvgIpc) is 2.53. The summed E-state index contributed by atoms with van der Waals surface area (Å²) in [6.45, 7) is -0.644. The molecule has 0 N–H and O–H groups in total. The predicted molar refractivity (Wildman–Crippen MR) is 75.1 cm³/mol. The summed E-state index contributed by atoms with van der Waals surface area (Å²) >= 11 is 0. The first-order valence-corrected chi connectivity index (χ1v) is 6.36. The standard InChI is InChI=1S/C14H17NO7/c1-20-11-7-5-4-6-9(11)10(8-15(18)19)12(13(16)21-2)14(17)22-3/h4-7,10,12H,8H2,1-3H3. The Morgan fingerprint density at radius 2 is 1.68 bits per heavy atom. The second-order valence-electron chi connectivity index (χ2n) is 4.39. The molecule has 0 fully saturated rings. The molecule has 8 nitrogen and oxygen atoms in total. The van der Waals surface area contributed by atoms with Gasteiger partial charge < -0.3 is 14.2 Å². The highest BCUT2D eigenvalue weighted by Gasteiger charge is 2.42. The van der Waals surface area contributed by atoms with Crippen LogP contribution in [0.2, 0.25) is 0 Å². The van der Waals surface area contributed by atoms with E-state index in [0.717, 1.165) is 14.2 Å². The van der Waals surface area contributed by atoms with Gasteiger partial charge in [-0.3, -0.25) is 19.7 Å². The summed E-state index contributed by atoms with van der Waals surface area (Å²) in [4.78, 5) is 34.2. The van der Waals surface area contributed by atoms with Crippen molar-refractivity contribution in [3.05, 3.63) is 39.9 Å². The van der Waals surface area contributed by atoms with E-state index in [1.807, 2.05) is 0 Å². The van der Waals surface area contributed by atoms with E-state index >= 15 is 0 Å². The van der Waals surface area contributed by atoms with Crippen molar-refractivity contribution in [2.45, 2.75) is 5.92 Å². The largest absolute Gasteiger partial charge is 0.496 e. The second kappa shape index (κ2) is 7.96. The summed E-state index contributed by atoms with van der Waals surface area (Å²) in [5, 5.41) is 11.0. The Labute approximate surface area is 127 Å². The molecule has 0 aliphatic heterocycles. The third-order valence-electron chi connectivity index (χ3n) is 3.20. The second-order valence-corrected chi connectivity index (χ2v) is 4.39. The number of rotatable bonds is 7. The summed E-state index contributed by atoms with van der Waals surface area (Å²) in [5.41, 5.74) is 0.363. The molecule has 1 rings (SSSR count). The molecule has 120 valence electrons.